The summed E-state index contributed by atoms with van der Waals surface area (Å²) in [5, 5.41) is 1.31. The highest BCUT2D eigenvalue weighted by molar-refractivity contribution is 5.89. The van der Waals surface area contributed by atoms with Gasteiger partial charge in [-0.05, 0) is 52.6 Å². The van der Waals surface area contributed by atoms with E-state index < -0.39 is 23.4 Å². The number of benzene rings is 4. The van der Waals surface area contributed by atoms with Crippen molar-refractivity contribution in [2.24, 2.45) is 0 Å². The van der Waals surface area contributed by atoms with Crippen molar-refractivity contribution >= 4 is 10.8 Å². The van der Waals surface area contributed by atoms with Gasteiger partial charge in [0.2, 0.25) is 0 Å². The fourth-order valence-corrected chi connectivity index (χ4v) is 4.51. The van der Waals surface area contributed by atoms with Crippen LogP contribution < -0.4 is 0 Å². The smallest absolute Gasteiger partial charge is 0.206 e. The standard InChI is InChI=1S/C30H26F6/c1-2-3-4-5-6-7-19-8-14-25-22(16-19)13-15-24(29(25)33)21-11-9-20(10-12-21)23-17-26(31)28(27(32)18-23)30(34,35)36/h8-18H,2-7H2,1H3. The number of rotatable bonds is 8. The van der Waals surface area contributed by atoms with Crippen molar-refractivity contribution in [1.82, 2.24) is 0 Å². The normalized spacial score (nSPS) is 11.9. The Morgan fingerprint density at radius 3 is 1.92 bits per heavy atom. The molecule has 0 N–H and O–H groups in total. The molecule has 0 radical (unpaired) electrons. The summed E-state index contributed by atoms with van der Waals surface area (Å²) < 4.78 is 81.8. The average molecular weight is 501 g/mol. The number of halogens is 6. The summed E-state index contributed by atoms with van der Waals surface area (Å²) in [6.07, 6.45) is 1.78. The Labute approximate surface area is 206 Å². The topological polar surface area (TPSA) is 0 Å². The van der Waals surface area contributed by atoms with Gasteiger partial charge in [0, 0.05) is 10.9 Å². The molecule has 0 nitrogen and oxygen atoms in total. The monoisotopic (exact) mass is 500 g/mol. The predicted molar refractivity (Wildman–Crippen MR) is 132 cm³/mol. The van der Waals surface area contributed by atoms with Gasteiger partial charge in [0.25, 0.3) is 0 Å². The summed E-state index contributed by atoms with van der Waals surface area (Å²) in [5.74, 6) is -3.73. The number of aryl methyl sites for hydroxylation is 1. The summed E-state index contributed by atoms with van der Waals surface area (Å²) in [6, 6.07) is 16.8. The predicted octanol–water partition coefficient (Wildman–Crippen LogP) is 10.1. The van der Waals surface area contributed by atoms with Crippen LogP contribution in [-0.4, -0.2) is 0 Å². The molecule has 0 atom stereocenters. The Balaban J connectivity index is 1.56. The number of alkyl halides is 3. The fourth-order valence-electron chi connectivity index (χ4n) is 4.51. The molecule has 0 saturated carbocycles. The van der Waals surface area contributed by atoms with Crippen molar-refractivity contribution in [3.63, 3.8) is 0 Å². The van der Waals surface area contributed by atoms with Crippen LogP contribution in [-0.2, 0) is 12.6 Å². The Morgan fingerprint density at radius 1 is 0.639 bits per heavy atom. The Kier molecular flexibility index (Phi) is 7.72. The van der Waals surface area contributed by atoms with Crippen LogP contribution in [0.25, 0.3) is 33.0 Å². The first kappa shape index (κ1) is 25.8. The van der Waals surface area contributed by atoms with Crippen LogP contribution in [0.15, 0.2) is 66.7 Å². The number of fused-ring (bicyclic) bond motifs is 1. The van der Waals surface area contributed by atoms with Gasteiger partial charge < -0.3 is 0 Å². The van der Waals surface area contributed by atoms with Crippen molar-refractivity contribution in [2.45, 2.75) is 51.6 Å². The molecular formula is C30H26F6. The quantitative estimate of drug-likeness (QED) is 0.167. The summed E-state index contributed by atoms with van der Waals surface area (Å²) >= 11 is 0. The van der Waals surface area contributed by atoms with E-state index in [4.69, 9.17) is 0 Å². The van der Waals surface area contributed by atoms with Gasteiger partial charge in [0.1, 0.15) is 23.0 Å². The molecule has 188 valence electrons. The molecule has 36 heavy (non-hydrogen) atoms. The van der Waals surface area contributed by atoms with Crippen LogP contribution in [0.1, 0.15) is 50.2 Å². The second-order valence-electron chi connectivity index (χ2n) is 9.04. The molecule has 4 aromatic carbocycles. The van der Waals surface area contributed by atoms with E-state index in [1.54, 1.807) is 24.3 Å². The second kappa shape index (κ2) is 10.8. The molecule has 0 unspecified atom stereocenters. The zero-order valence-corrected chi connectivity index (χ0v) is 19.9. The van der Waals surface area contributed by atoms with E-state index in [1.807, 2.05) is 18.2 Å². The highest BCUT2D eigenvalue weighted by atomic mass is 19.4. The second-order valence-corrected chi connectivity index (χ2v) is 9.04. The maximum absolute atomic E-state index is 15.4. The van der Waals surface area contributed by atoms with Gasteiger partial charge in [0.05, 0.1) is 0 Å². The summed E-state index contributed by atoms with van der Waals surface area (Å²) in [6.45, 7) is 2.18. The molecule has 0 spiro atoms. The Bertz CT molecular complexity index is 1330. The van der Waals surface area contributed by atoms with E-state index in [1.165, 1.54) is 43.4 Å². The maximum atomic E-state index is 15.4. The SMILES string of the molecule is CCCCCCCc1ccc2c(F)c(-c3ccc(-c4cc(F)c(C(F)(F)F)c(F)c4)cc3)ccc2c1. The Morgan fingerprint density at radius 2 is 1.28 bits per heavy atom. The minimum absolute atomic E-state index is 0.0363. The fraction of sp³-hybridized carbons (Fsp3) is 0.267. The molecule has 0 fully saturated rings. The molecular weight excluding hydrogens is 474 g/mol. The number of unbranched alkanes of at least 4 members (excludes halogenated alkanes) is 4. The van der Waals surface area contributed by atoms with Gasteiger partial charge in [-0.15, -0.1) is 0 Å². The molecule has 0 amide bonds. The van der Waals surface area contributed by atoms with E-state index in [0.29, 0.717) is 34.2 Å². The molecule has 4 aromatic rings. The molecule has 0 bridgehead atoms. The lowest BCUT2D eigenvalue weighted by atomic mass is 9.95. The van der Waals surface area contributed by atoms with Crippen molar-refractivity contribution in [2.75, 3.05) is 0 Å². The van der Waals surface area contributed by atoms with Crippen molar-refractivity contribution < 1.29 is 26.3 Å². The largest absolute Gasteiger partial charge is 0.422 e. The van der Waals surface area contributed by atoms with Crippen molar-refractivity contribution in [3.8, 4) is 22.3 Å². The third-order valence-corrected chi connectivity index (χ3v) is 6.44. The van der Waals surface area contributed by atoms with Gasteiger partial charge in [-0.2, -0.15) is 13.2 Å². The number of hydrogen-bond acceptors (Lipinski definition) is 0. The highest BCUT2D eigenvalue weighted by Gasteiger charge is 2.38. The molecule has 0 aliphatic carbocycles. The molecule has 0 aliphatic heterocycles. The van der Waals surface area contributed by atoms with E-state index in [2.05, 4.69) is 6.92 Å². The zero-order chi connectivity index (χ0) is 25.9. The number of hydrogen-bond donors (Lipinski definition) is 0. The van der Waals surface area contributed by atoms with Crippen LogP contribution in [0.5, 0.6) is 0 Å². The lowest BCUT2D eigenvalue weighted by molar-refractivity contribution is -0.142. The lowest BCUT2D eigenvalue weighted by Gasteiger charge is -2.12. The van der Waals surface area contributed by atoms with Crippen LogP contribution in [0.3, 0.4) is 0 Å². The molecule has 0 heterocycles. The first-order chi connectivity index (χ1) is 17.2. The van der Waals surface area contributed by atoms with Gasteiger partial charge in [-0.1, -0.05) is 87.2 Å². The van der Waals surface area contributed by atoms with Crippen molar-refractivity contribution in [3.05, 3.63) is 95.3 Å². The highest BCUT2D eigenvalue weighted by Crippen LogP contribution is 2.37. The lowest BCUT2D eigenvalue weighted by Crippen LogP contribution is -2.11. The van der Waals surface area contributed by atoms with Gasteiger partial charge in [0.15, 0.2) is 0 Å². The zero-order valence-electron chi connectivity index (χ0n) is 19.9. The maximum Gasteiger partial charge on any atom is 0.422 e. The molecule has 4 rings (SSSR count). The summed E-state index contributed by atoms with van der Waals surface area (Å²) in [5.41, 5.74) is 0.449. The van der Waals surface area contributed by atoms with Crippen molar-refractivity contribution in [1.29, 1.82) is 0 Å². The molecule has 0 aromatic heterocycles. The minimum Gasteiger partial charge on any atom is -0.206 e. The van der Waals surface area contributed by atoms with Gasteiger partial charge in [-0.25, -0.2) is 13.2 Å². The molecule has 0 saturated heterocycles. The molecule has 0 aliphatic rings. The summed E-state index contributed by atoms with van der Waals surface area (Å²) in [7, 11) is 0. The Hall–Kier alpha value is -3.28. The molecule has 6 heteroatoms. The minimum atomic E-state index is -5.13. The van der Waals surface area contributed by atoms with Gasteiger partial charge in [-0.3, -0.25) is 0 Å². The first-order valence-corrected chi connectivity index (χ1v) is 12.1. The average Bonchev–Trinajstić information content (AvgIpc) is 2.83. The first-order valence-electron chi connectivity index (χ1n) is 12.1. The third kappa shape index (κ3) is 5.58. The van der Waals surface area contributed by atoms with E-state index in [-0.39, 0.29) is 11.4 Å². The van der Waals surface area contributed by atoms with E-state index >= 15 is 4.39 Å². The third-order valence-electron chi connectivity index (χ3n) is 6.44. The van der Waals surface area contributed by atoms with Gasteiger partial charge >= 0.3 is 6.18 Å². The van der Waals surface area contributed by atoms with Crippen LogP contribution in [0.2, 0.25) is 0 Å². The van der Waals surface area contributed by atoms with E-state index in [9.17, 15) is 22.0 Å². The summed E-state index contributed by atoms with van der Waals surface area (Å²) in [4.78, 5) is 0. The van der Waals surface area contributed by atoms with E-state index in [0.717, 1.165) is 18.2 Å². The van der Waals surface area contributed by atoms with Crippen LogP contribution in [0.4, 0.5) is 26.3 Å². The van der Waals surface area contributed by atoms with Crippen LogP contribution >= 0.6 is 0 Å². The van der Waals surface area contributed by atoms with Crippen LogP contribution in [0, 0.1) is 17.5 Å².